The highest BCUT2D eigenvalue weighted by molar-refractivity contribution is 5.28. The maximum atomic E-state index is 5.80. The van der Waals surface area contributed by atoms with Gasteiger partial charge in [-0.2, -0.15) is 0 Å². The summed E-state index contributed by atoms with van der Waals surface area (Å²) < 4.78 is 5.77. The van der Waals surface area contributed by atoms with Gasteiger partial charge >= 0.3 is 0 Å². The minimum atomic E-state index is 0.203. The molecule has 1 unspecified atom stereocenters. The van der Waals surface area contributed by atoms with Crippen LogP contribution >= 0.6 is 0 Å². The lowest BCUT2D eigenvalue weighted by molar-refractivity contribution is 0.304. The molecule has 1 aromatic rings. The summed E-state index contributed by atoms with van der Waals surface area (Å²) in [5.74, 6) is 0.976. The summed E-state index contributed by atoms with van der Waals surface area (Å²) in [6, 6.07) is 8.49. The zero-order valence-corrected chi connectivity index (χ0v) is 11.8. The van der Waals surface area contributed by atoms with Gasteiger partial charge in [-0.15, -0.1) is 0 Å². The molecule has 0 spiro atoms. The Labute approximate surface area is 112 Å². The van der Waals surface area contributed by atoms with Crippen LogP contribution in [0.25, 0.3) is 0 Å². The van der Waals surface area contributed by atoms with Crippen molar-refractivity contribution >= 4 is 0 Å². The summed E-state index contributed by atoms with van der Waals surface area (Å²) in [6.07, 6.45) is 7.28. The fourth-order valence-electron chi connectivity index (χ4n) is 2.03. The van der Waals surface area contributed by atoms with Gasteiger partial charge in [-0.3, -0.25) is 0 Å². The summed E-state index contributed by atoms with van der Waals surface area (Å²) >= 11 is 0. The molecule has 0 saturated heterocycles. The van der Waals surface area contributed by atoms with Crippen molar-refractivity contribution in [3.05, 3.63) is 29.8 Å². The Hall–Kier alpha value is -1.02. The molecule has 0 saturated carbocycles. The number of hydrogen-bond acceptors (Lipinski definition) is 2. The smallest absolute Gasteiger partial charge is 0.119 e. The molecule has 2 nitrogen and oxygen atoms in total. The van der Waals surface area contributed by atoms with Gasteiger partial charge in [0, 0.05) is 6.04 Å². The molecule has 0 aliphatic carbocycles. The van der Waals surface area contributed by atoms with Crippen molar-refractivity contribution in [2.24, 2.45) is 5.73 Å². The van der Waals surface area contributed by atoms with Crippen LogP contribution in [0.2, 0.25) is 0 Å². The second-order valence-corrected chi connectivity index (χ2v) is 5.09. The van der Waals surface area contributed by atoms with E-state index < -0.39 is 0 Å². The number of hydrogen-bond donors (Lipinski definition) is 1. The molecule has 0 aliphatic rings. The van der Waals surface area contributed by atoms with Gasteiger partial charge in [-0.05, 0) is 37.5 Å². The van der Waals surface area contributed by atoms with Crippen molar-refractivity contribution in [2.75, 3.05) is 6.61 Å². The van der Waals surface area contributed by atoms with E-state index in [1.54, 1.807) is 0 Å². The fourth-order valence-corrected chi connectivity index (χ4v) is 2.03. The van der Waals surface area contributed by atoms with E-state index >= 15 is 0 Å². The molecule has 0 fully saturated rings. The zero-order valence-electron chi connectivity index (χ0n) is 11.8. The Morgan fingerprint density at radius 3 is 2.67 bits per heavy atom. The molecule has 0 aliphatic heterocycles. The van der Waals surface area contributed by atoms with Crippen LogP contribution in [0.1, 0.15) is 51.5 Å². The van der Waals surface area contributed by atoms with Crippen LogP contribution < -0.4 is 10.5 Å². The van der Waals surface area contributed by atoms with Gasteiger partial charge in [0.2, 0.25) is 0 Å². The average molecular weight is 249 g/mol. The lowest BCUT2D eigenvalue weighted by atomic mass is 10.1. The molecule has 1 rings (SSSR count). The van der Waals surface area contributed by atoms with Crippen LogP contribution in [0.3, 0.4) is 0 Å². The third-order valence-electron chi connectivity index (χ3n) is 2.97. The van der Waals surface area contributed by atoms with Crippen LogP contribution in [0, 0.1) is 0 Å². The summed E-state index contributed by atoms with van der Waals surface area (Å²) in [7, 11) is 0. The van der Waals surface area contributed by atoms with E-state index in [2.05, 4.69) is 19.1 Å². The quantitative estimate of drug-likeness (QED) is 0.673. The lowest BCUT2D eigenvalue weighted by Gasteiger charge is -2.09. The molecule has 1 aromatic carbocycles. The average Bonchev–Trinajstić information content (AvgIpc) is 2.33. The summed E-state index contributed by atoms with van der Waals surface area (Å²) in [5, 5.41) is 0. The van der Waals surface area contributed by atoms with E-state index in [1.165, 1.54) is 31.2 Å². The highest BCUT2D eigenvalue weighted by atomic mass is 16.5. The van der Waals surface area contributed by atoms with Crippen molar-refractivity contribution in [2.45, 2.75) is 58.4 Å². The van der Waals surface area contributed by atoms with E-state index in [9.17, 15) is 0 Å². The van der Waals surface area contributed by atoms with Crippen molar-refractivity contribution < 1.29 is 4.74 Å². The number of nitrogens with two attached hydrogens (primary N) is 1. The predicted octanol–water partition coefficient (Wildman–Crippen LogP) is 3.93. The van der Waals surface area contributed by atoms with Gasteiger partial charge in [0.1, 0.15) is 5.75 Å². The Kier molecular flexibility index (Phi) is 7.51. The molecule has 102 valence electrons. The fraction of sp³-hybridized carbons (Fsp3) is 0.625. The summed E-state index contributed by atoms with van der Waals surface area (Å²) in [4.78, 5) is 0. The highest BCUT2D eigenvalue weighted by Crippen LogP contribution is 2.15. The van der Waals surface area contributed by atoms with Crippen molar-refractivity contribution in [3.8, 4) is 5.75 Å². The molecule has 0 aromatic heterocycles. The van der Waals surface area contributed by atoms with Crippen LogP contribution in [-0.2, 0) is 6.42 Å². The standard InChI is InChI=1S/C16H27NO/c1-3-4-5-6-7-11-18-16-10-8-9-15(13-16)12-14(2)17/h8-10,13-14H,3-7,11-12,17H2,1-2H3. The number of rotatable bonds is 9. The number of benzene rings is 1. The summed E-state index contributed by atoms with van der Waals surface area (Å²) in [5.41, 5.74) is 7.06. The van der Waals surface area contributed by atoms with E-state index in [-0.39, 0.29) is 6.04 Å². The molecule has 2 N–H and O–H groups in total. The van der Waals surface area contributed by atoms with Crippen molar-refractivity contribution in [1.82, 2.24) is 0 Å². The van der Waals surface area contributed by atoms with Gasteiger partial charge in [0.25, 0.3) is 0 Å². The first kappa shape index (κ1) is 15.0. The Balaban J connectivity index is 2.25. The molecule has 0 amide bonds. The first-order valence-electron chi connectivity index (χ1n) is 7.19. The van der Waals surface area contributed by atoms with Gasteiger partial charge in [-0.25, -0.2) is 0 Å². The second-order valence-electron chi connectivity index (χ2n) is 5.09. The van der Waals surface area contributed by atoms with Crippen LogP contribution in [0.15, 0.2) is 24.3 Å². The van der Waals surface area contributed by atoms with E-state index in [1.807, 2.05) is 19.1 Å². The lowest BCUT2D eigenvalue weighted by Crippen LogP contribution is -2.17. The largest absolute Gasteiger partial charge is 0.494 e. The van der Waals surface area contributed by atoms with Crippen molar-refractivity contribution in [1.29, 1.82) is 0 Å². The third-order valence-corrected chi connectivity index (χ3v) is 2.97. The molecule has 1 atom stereocenters. The first-order chi connectivity index (χ1) is 8.72. The van der Waals surface area contributed by atoms with Gasteiger partial charge < -0.3 is 10.5 Å². The monoisotopic (exact) mass is 249 g/mol. The van der Waals surface area contributed by atoms with Gasteiger partial charge in [0.15, 0.2) is 0 Å². The predicted molar refractivity (Wildman–Crippen MR) is 78.0 cm³/mol. The van der Waals surface area contributed by atoms with Gasteiger partial charge in [-0.1, -0.05) is 44.7 Å². The molecular formula is C16H27NO. The highest BCUT2D eigenvalue weighted by Gasteiger charge is 2.00. The Morgan fingerprint density at radius 2 is 1.94 bits per heavy atom. The van der Waals surface area contributed by atoms with Crippen LogP contribution in [-0.4, -0.2) is 12.6 Å². The van der Waals surface area contributed by atoms with Crippen LogP contribution in [0.5, 0.6) is 5.75 Å². The second kappa shape index (κ2) is 8.98. The van der Waals surface area contributed by atoms with Crippen molar-refractivity contribution in [3.63, 3.8) is 0 Å². The summed E-state index contributed by atoms with van der Waals surface area (Å²) in [6.45, 7) is 5.09. The molecule has 0 radical (unpaired) electrons. The first-order valence-corrected chi connectivity index (χ1v) is 7.19. The number of ether oxygens (including phenoxy) is 1. The molecule has 0 bridgehead atoms. The molecule has 2 heteroatoms. The maximum absolute atomic E-state index is 5.80. The molecule has 0 heterocycles. The third kappa shape index (κ3) is 6.65. The minimum Gasteiger partial charge on any atom is -0.494 e. The number of unbranched alkanes of at least 4 members (excludes halogenated alkanes) is 4. The maximum Gasteiger partial charge on any atom is 0.119 e. The Morgan fingerprint density at radius 1 is 1.17 bits per heavy atom. The van der Waals surface area contributed by atoms with E-state index in [0.717, 1.165) is 25.2 Å². The van der Waals surface area contributed by atoms with E-state index in [0.29, 0.717) is 0 Å². The normalized spacial score (nSPS) is 12.4. The minimum absolute atomic E-state index is 0.203. The topological polar surface area (TPSA) is 35.2 Å². The molecular weight excluding hydrogens is 222 g/mol. The SMILES string of the molecule is CCCCCCCOc1cccc(CC(C)N)c1. The van der Waals surface area contributed by atoms with Crippen LogP contribution in [0.4, 0.5) is 0 Å². The van der Waals surface area contributed by atoms with Gasteiger partial charge in [0.05, 0.1) is 6.61 Å². The molecule has 18 heavy (non-hydrogen) atoms. The Bertz CT molecular complexity index is 323. The van der Waals surface area contributed by atoms with E-state index in [4.69, 9.17) is 10.5 Å². The zero-order chi connectivity index (χ0) is 13.2.